The zero-order valence-electron chi connectivity index (χ0n) is 12.8. The second-order valence-corrected chi connectivity index (χ2v) is 4.67. The van der Waals surface area contributed by atoms with Crippen LogP contribution in [0.3, 0.4) is 0 Å². The van der Waals surface area contributed by atoms with Gasteiger partial charge >= 0.3 is 0 Å². The molecule has 0 aromatic carbocycles. The fraction of sp³-hybridized carbons (Fsp3) is 0.429. The highest BCUT2D eigenvalue weighted by Gasteiger charge is 2.32. The van der Waals surface area contributed by atoms with Crippen LogP contribution < -0.4 is 5.73 Å². The number of hydrogen-bond donors (Lipinski definition) is 1. The number of amides is 1. The lowest BCUT2D eigenvalue weighted by molar-refractivity contribution is -0.117. The summed E-state index contributed by atoms with van der Waals surface area (Å²) in [4.78, 5) is 14.7. The summed E-state index contributed by atoms with van der Waals surface area (Å²) in [6.07, 6.45) is 4.26. The summed E-state index contributed by atoms with van der Waals surface area (Å²) >= 11 is 0. The Hall–Kier alpha value is -2.24. The monoisotopic (exact) mass is 277 g/mol. The third-order valence-electron chi connectivity index (χ3n) is 3.45. The van der Waals surface area contributed by atoms with Gasteiger partial charge in [-0.05, 0) is 19.9 Å². The molecule has 110 valence electrons. The summed E-state index contributed by atoms with van der Waals surface area (Å²) in [7, 11) is 5.44. The molecule has 0 spiro atoms. The van der Waals surface area contributed by atoms with Gasteiger partial charge in [-0.25, -0.2) is 5.01 Å². The Morgan fingerprint density at radius 2 is 2.10 bits per heavy atom. The van der Waals surface area contributed by atoms with Crippen molar-refractivity contribution in [2.24, 2.45) is 10.8 Å². The second-order valence-electron chi connectivity index (χ2n) is 4.67. The summed E-state index contributed by atoms with van der Waals surface area (Å²) in [5.74, 6) is 0.754. The van der Waals surface area contributed by atoms with E-state index in [0.717, 1.165) is 17.2 Å². The molecule has 0 bridgehead atoms. The highest BCUT2D eigenvalue weighted by molar-refractivity contribution is 5.91. The van der Waals surface area contributed by atoms with Crippen molar-refractivity contribution in [1.29, 1.82) is 0 Å². The smallest absolute Gasteiger partial charge is 0.229 e. The maximum Gasteiger partial charge on any atom is 0.229 e. The van der Waals surface area contributed by atoms with Crippen LogP contribution >= 0.6 is 0 Å². The lowest BCUT2D eigenvalue weighted by atomic mass is 10.1. The predicted molar refractivity (Wildman–Crippen MR) is 81.4 cm³/mol. The predicted octanol–water partition coefficient (Wildman–Crippen LogP) is 0.914. The Bertz CT molecular complexity index is 492. The average molecular weight is 277 g/mol. The van der Waals surface area contributed by atoms with E-state index < -0.39 is 0 Å². The van der Waals surface area contributed by atoms with Crippen molar-refractivity contribution in [3.8, 4) is 0 Å². The van der Waals surface area contributed by atoms with E-state index in [1.807, 2.05) is 43.8 Å². The van der Waals surface area contributed by atoms with Crippen molar-refractivity contribution in [3.05, 3.63) is 35.8 Å². The molecule has 0 aromatic rings. The maximum atomic E-state index is 10.8. The first kappa shape index (κ1) is 15.8. The zero-order chi connectivity index (χ0) is 15.4. The molecule has 0 fully saturated rings. The number of carbonyl (C=O) groups is 1. The van der Waals surface area contributed by atoms with E-state index in [9.17, 15) is 4.79 Å². The Kier molecular flexibility index (Phi) is 4.96. The number of hydrogen-bond acceptors (Lipinski definition) is 4. The van der Waals surface area contributed by atoms with Crippen molar-refractivity contribution in [2.45, 2.75) is 19.9 Å². The van der Waals surface area contributed by atoms with Crippen LogP contribution in [0.25, 0.3) is 0 Å². The van der Waals surface area contributed by atoms with Gasteiger partial charge in [0.1, 0.15) is 0 Å². The lowest BCUT2D eigenvalue weighted by Gasteiger charge is -2.41. The molecule has 0 aromatic heterocycles. The van der Waals surface area contributed by atoms with E-state index in [0.29, 0.717) is 12.1 Å². The first-order valence-corrected chi connectivity index (χ1v) is 6.41. The molecule has 2 N–H and O–H groups in total. The van der Waals surface area contributed by atoms with Gasteiger partial charge < -0.3 is 15.5 Å². The minimum absolute atomic E-state index is 0.0143. The minimum atomic E-state index is -0.0143. The normalized spacial score (nSPS) is 22.4. The standard InChI is InChI=1S/C14H23N5O/c1-7-11(15)13-12(8-2)19(6)14(10(3)18(13)5)16-17(4)9-20/h7-10H,2,15H2,1,3-6H3/b11-7+,16-14-. The highest BCUT2D eigenvalue weighted by atomic mass is 16.1. The van der Waals surface area contributed by atoms with Gasteiger partial charge in [0.15, 0.2) is 5.84 Å². The number of nitrogens with zero attached hydrogens (tertiary/aromatic N) is 4. The van der Waals surface area contributed by atoms with Crippen LogP contribution in [0.2, 0.25) is 0 Å². The maximum absolute atomic E-state index is 10.8. The number of carbonyl (C=O) groups excluding carboxylic acids is 1. The number of allylic oxidation sites excluding steroid dienone is 2. The molecular weight excluding hydrogens is 254 g/mol. The molecule has 0 radical (unpaired) electrons. The summed E-state index contributed by atoms with van der Waals surface area (Å²) in [5.41, 5.74) is 8.53. The van der Waals surface area contributed by atoms with Crippen molar-refractivity contribution < 1.29 is 4.79 Å². The molecule has 0 aliphatic carbocycles. The topological polar surface area (TPSA) is 65.2 Å². The van der Waals surface area contributed by atoms with Crippen LogP contribution in [-0.4, -0.2) is 54.2 Å². The van der Waals surface area contributed by atoms with Gasteiger partial charge in [0, 0.05) is 21.1 Å². The first-order chi connectivity index (χ1) is 9.38. The van der Waals surface area contributed by atoms with E-state index in [-0.39, 0.29) is 6.04 Å². The minimum Gasteiger partial charge on any atom is -0.397 e. The Morgan fingerprint density at radius 1 is 1.50 bits per heavy atom. The van der Waals surface area contributed by atoms with E-state index in [1.165, 1.54) is 5.01 Å². The fourth-order valence-corrected chi connectivity index (χ4v) is 2.17. The van der Waals surface area contributed by atoms with Crippen LogP contribution in [-0.2, 0) is 4.79 Å². The molecule has 1 aliphatic heterocycles. The van der Waals surface area contributed by atoms with Gasteiger partial charge in [0.25, 0.3) is 0 Å². The molecular formula is C14H23N5O. The Balaban J connectivity index is 3.43. The number of amidine groups is 1. The van der Waals surface area contributed by atoms with Gasteiger partial charge in [-0.1, -0.05) is 12.7 Å². The van der Waals surface area contributed by atoms with Gasteiger partial charge in [-0.3, -0.25) is 4.79 Å². The summed E-state index contributed by atoms with van der Waals surface area (Å²) < 4.78 is 0. The summed E-state index contributed by atoms with van der Waals surface area (Å²) in [6.45, 7) is 7.75. The number of rotatable bonds is 4. The Morgan fingerprint density at radius 3 is 2.55 bits per heavy atom. The fourth-order valence-electron chi connectivity index (χ4n) is 2.17. The van der Waals surface area contributed by atoms with E-state index in [2.05, 4.69) is 11.7 Å². The largest absolute Gasteiger partial charge is 0.397 e. The number of hydrazone groups is 1. The molecule has 1 heterocycles. The number of nitrogens with two attached hydrogens (primary N) is 1. The van der Waals surface area contributed by atoms with Gasteiger partial charge in [-0.2, -0.15) is 5.10 Å². The SMILES string of the molecule is C=CC1=C(/C(N)=C\C)N(C)C(C)/C(=N/N(C)C=O)N1C. The van der Waals surface area contributed by atoms with Crippen molar-refractivity contribution in [2.75, 3.05) is 21.1 Å². The molecule has 20 heavy (non-hydrogen) atoms. The molecule has 1 atom stereocenters. The molecule has 1 aliphatic rings. The summed E-state index contributed by atoms with van der Waals surface area (Å²) in [5, 5.41) is 5.56. The van der Waals surface area contributed by atoms with Crippen molar-refractivity contribution in [1.82, 2.24) is 14.8 Å². The van der Waals surface area contributed by atoms with E-state index in [1.54, 1.807) is 13.1 Å². The van der Waals surface area contributed by atoms with Crippen molar-refractivity contribution >= 4 is 12.2 Å². The van der Waals surface area contributed by atoms with Gasteiger partial charge in [0.05, 0.1) is 23.1 Å². The molecule has 1 unspecified atom stereocenters. The quantitative estimate of drug-likeness (QED) is 0.613. The van der Waals surface area contributed by atoms with Gasteiger partial charge in [0.2, 0.25) is 6.41 Å². The zero-order valence-corrected chi connectivity index (χ0v) is 12.8. The molecule has 1 amide bonds. The molecule has 0 saturated carbocycles. The lowest BCUT2D eigenvalue weighted by Crippen LogP contribution is -2.50. The third kappa shape index (κ3) is 2.68. The van der Waals surface area contributed by atoms with Crippen LogP contribution in [0.4, 0.5) is 0 Å². The van der Waals surface area contributed by atoms with E-state index in [4.69, 9.17) is 5.73 Å². The van der Waals surface area contributed by atoms with Crippen LogP contribution in [0.15, 0.2) is 40.9 Å². The van der Waals surface area contributed by atoms with Crippen molar-refractivity contribution in [3.63, 3.8) is 0 Å². The Labute approximate surface area is 120 Å². The van der Waals surface area contributed by atoms with E-state index >= 15 is 0 Å². The molecule has 6 nitrogen and oxygen atoms in total. The van der Waals surface area contributed by atoms with Crippen LogP contribution in [0.5, 0.6) is 0 Å². The van der Waals surface area contributed by atoms with Gasteiger partial charge in [-0.15, -0.1) is 0 Å². The first-order valence-electron chi connectivity index (χ1n) is 6.41. The van der Waals surface area contributed by atoms with Crippen LogP contribution in [0, 0.1) is 0 Å². The van der Waals surface area contributed by atoms with Crippen LogP contribution in [0.1, 0.15) is 13.8 Å². The number of likely N-dealkylation sites (N-methyl/N-ethyl adjacent to an activating group) is 2. The molecule has 0 saturated heterocycles. The molecule has 1 rings (SSSR count). The average Bonchev–Trinajstić information content (AvgIpc) is 2.45. The second kappa shape index (κ2) is 6.27. The molecule has 6 heteroatoms. The summed E-state index contributed by atoms with van der Waals surface area (Å²) in [6, 6.07) is -0.0143. The highest BCUT2D eigenvalue weighted by Crippen LogP contribution is 2.27. The third-order valence-corrected chi connectivity index (χ3v) is 3.45.